The number of primary sulfonamides is 1. The molecule has 1 atom stereocenters. The number of nitrogens with two attached hydrogens (primary N) is 1. The summed E-state index contributed by atoms with van der Waals surface area (Å²) in [5.41, 5.74) is 2.40. The molecule has 0 radical (unpaired) electrons. The van der Waals surface area contributed by atoms with Crippen molar-refractivity contribution in [1.29, 1.82) is 5.26 Å². The van der Waals surface area contributed by atoms with Gasteiger partial charge in [-0.05, 0) is 37.1 Å². The average molecular weight is 488 g/mol. The van der Waals surface area contributed by atoms with E-state index in [2.05, 4.69) is 16.4 Å². The number of hydrogen-bond donors (Lipinski definition) is 3. The van der Waals surface area contributed by atoms with Crippen LogP contribution in [0.2, 0.25) is 0 Å². The summed E-state index contributed by atoms with van der Waals surface area (Å²) < 4.78 is 53.0. The Balaban J connectivity index is 1.94. The molecule has 174 valence electrons. The zero-order chi connectivity index (χ0) is 24.0. The minimum absolute atomic E-state index is 0.0116. The quantitative estimate of drug-likeness (QED) is 0.501. The number of nitrogens with one attached hydrogen (secondary N) is 2. The van der Waals surface area contributed by atoms with Crippen molar-refractivity contribution in [3.63, 3.8) is 0 Å². The van der Waals surface area contributed by atoms with Gasteiger partial charge in [-0.1, -0.05) is 19.1 Å². The third-order valence-corrected chi connectivity index (χ3v) is 8.89. The van der Waals surface area contributed by atoms with E-state index in [1.807, 2.05) is 13.8 Å². The van der Waals surface area contributed by atoms with Gasteiger partial charge in [-0.15, -0.1) is 0 Å². The molecule has 0 spiro atoms. The SMILES string of the molecule is CCC1CN(S(=O)(=O)c2ccc(S(N)(=O)=O)c(-c3ccc(C)c4c(C#N)c[nH]c34)c2)CCN1. The maximum atomic E-state index is 13.4. The predicted molar refractivity (Wildman–Crippen MR) is 125 cm³/mol. The van der Waals surface area contributed by atoms with Gasteiger partial charge in [-0.3, -0.25) is 0 Å². The lowest BCUT2D eigenvalue weighted by atomic mass is 9.99. The second-order valence-corrected chi connectivity index (χ2v) is 11.6. The molecule has 4 rings (SSSR count). The lowest BCUT2D eigenvalue weighted by Gasteiger charge is -2.32. The molecule has 1 unspecified atom stereocenters. The van der Waals surface area contributed by atoms with Gasteiger partial charge in [0, 0.05) is 48.4 Å². The molecule has 1 fully saturated rings. The van der Waals surface area contributed by atoms with E-state index < -0.39 is 20.0 Å². The number of nitrogens with zero attached hydrogens (tertiary/aromatic N) is 2. The molecule has 0 saturated carbocycles. The van der Waals surface area contributed by atoms with E-state index in [4.69, 9.17) is 5.14 Å². The van der Waals surface area contributed by atoms with Crippen molar-refractivity contribution in [3.05, 3.63) is 47.7 Å². The van der Waals surface area contributed by atoms with Gasteiger partial charge in [0.1, 0.15) is 6.07 Å². The highest BCUT2D eigenvalue weighted by molar-refractivity contribution is 7.89. The van der Waals surface area contributed by atoms with Gasteiger partial charge in [0.05, 0.1) is 20.9 Å². The molecule has 33 heavy (non-hydrogen) atoms. The smallest absolute Gasteiger partial charge is 0.243 e. The summed E-state index contributed by atoms with van der Waals surface area (Å²) >= 11 is 0. The molecule has 1 aromatic heterocycles. The van der Waals surface area contributed by atoms with E-state index in [0.29, 0.717) is 41.7 Å². The molecule has 9 nitrogen and oxygen atoms in total. The third kappa shape index (κ3) is 4.16. The molecule has 0 amide bonds. The highest BCUT2D eigenvalue weighted by atomic mass is 32.2. The molecular weight excluding hydrogens is 462 g/mol. The highest BCUT2D eigenvalue weighted by Crippen LogP contribution is 2.36. The first-order valence-electron chi connectivity index (χ1n) is 10.5. The Bertz CT molecular complexity index is 1490. The fourth-order valence-corrected chi connectivity index (χ4v) is 6.54. The van der Waals surface area contributed by atoms with E-state index in [0.717, 1.165) is 12.0 Å². The topological polar surface area (TPSA) is 149 Å². The number of nitriles is 1. The van der Waals surface area contributed by atoms with Crippen LogP contribution < -0.4 is 10.5 Å². The van der Waals surface area contributed by atoms with Crippen molar-refractivity contribution in [1.82, 2.24) is 14.6 Å². The number of aryl methyl sites for hydroxylation is 1. The van der Waals surface area contributed by atoms with Crippen LogP contribution in [0.1, 0.15) is 24.5 Å². The summed E-state index contributed by atoms with van der Waals surface area (Å²) in [5.74, 6) is 0. The van der Waals surface area contributed by atoms with Crippen molar-refractivity contribution in [3.8, 4) is 17.2 Å². The van der Waals surface area contributed by atoms with Crippen LogP contribution in [0.25, 0.3) is 22.0 Å². The van der Waals surface area contributed by atoms with Crippen LogP contribution >= 0.6 is 0 Å². The Morgan fingerprint density at radius 1 is 1.18 bits per heavy atom. The van der Waals surface area contributed by atoms with Crippen LogP contribution in [-0.2, 0) is 20.0 Å². The van der Waals surface area contributed by atoms with Gasteiger partial charge >= 0.3 is 0 Å². The fourth-order valence-electron chi connectivity index (χ4n) is 4.30. The lowest BCUT2D eigenvalue weighted by molar-refractivity contribution is 0.293. The summed E-state index contributed by atoms with van der Waals surface area (Å²) in [5, 5.41) is 18.9. The van der Waals surface area contributed by atoms with Crippen LogP contribution in [0.4, 0.5) is 0 Å². The highest BCUT2D eigenvalue weighted by Gasteiger charge is 2.31. The van der Waals surface area contributed by atoms with Crippen LogP contribution in [0.5, 0.6) is 0 Å². The van der Waals surface area contributed by atoms with Crippen LogP contribution in [0, 0.1) is 18.3 Å². The fraction of sp³-hybridized carbons (Fsp3) is 0.318. The molecule has 2 heterocycles. The predicted octanol–water partition coefficient (Wildman–Crippen LogP) is 2.03. The van der Waals surface area contributed by atoms with Crippen LogP contribution in [0.15, 0.2) is 46.3 Å². The van der Waals surface area contributed by atoms with Gasteiger partial charge in [0.25, 0.3) is 0 Å². The Morgan fingerprint density at radius 2 is 1.94 bits per heavy atom. The van der Waals surface area contributed by atoms with Gasteiger partial charge < -0.3 is 10.3 Å². The molecule has 4 N–H and O–H groups in total. The normalized spacial score (nSPS) is 17.8. The number of H-pyrrole nitrogens is 1. The summed E-state index contributed by atoms with van der Waals surface area (Å²) in [6.45, 7) is 5.03. The van der Waals surface area contributed by atoms with Gasteiger partial charge in [0.2, 0.25) is 20.0 Å². The van der Waals surface area contributed by atoms with Crippen molar-refractivity contribution >= 4 is 30.9 Å². The van der Waals surface area contributed by atoms with Crippen molar-refractivity contribution in [2.45, 2.75) is 36.1 Å². The average Bonchev–Trinajstić information content (AvgIpc) is 3.23. The lowest BCUT2D eigenvalue weighted by Crippen LogP contribution is -2.52. The Kier molecular flexibility index (Phi) is 6.07. The van der Waals surface area contributed by atoms with E-state index in [9.17, 15) is 22.1 Å². The molecule has 3 aromatic rings. The molecule has 11 heteroatoms. The minimum atomic E-state index is -4.16. The number of rotatable bonds is 5. The number of aromatic nitrogens is 1. The maximum absolute atomic E-state index is 13.4. The van der Waals surface area contributed by atoms with E-state index in [1.165, 1.54) is 22.5 Å². The summed E-state index contributed by atoms with van der Waals surface area (Å²) in [7, 11) is -8.02. The Labute approximate surface area is 193 Å². The molecule has 1 saturated heterocycles. The Morgan fingerprint density at radius 3 is 2.61 bits per heavy atom. The Hall–Kier alpha value is -2.75. The number of sulfonamides is 2. The van der Waals surface area contributed by atoms with Gasteiger partial charge in [-0.25, -0.2) is 22.0 Å². The van der Waals surface area contributed by atoms with E-state index in [-0.39, 0.29) is 21.4 Å². The first kappa shape index (κ1) is 23.4. The number of piperazine rings is 1. The van der Waals surface area contributed by atoms with Crippen molar-refractivity contribution in [2.24, 2.45) is 5.14 Å². The zero-order valence-electron chi connectivity index (χ0n) is 18.3. The van der Waals surface area contributed by atoms with E-state index in [1.54, 1.807) is 18.3 Å². The number of benzene rings is 2. The maximum Gasteiger partial charge on any atom is 0.243 e. The standard InChI is InChI=1S/C22H25N5O4S2/c1-3-16-13-27(9-8-25-16)33(30,31)17-5-7-20(32(24,28)29)19(10-17)18-6-4-14(2)21-15(11-23)12-26-22(18)21/h4-7,10,12,16,25-26H,3,8-9,13H2,1-2H3,(H2,24,28,29). The third-order valence-electron chi connectivity index (χ3n) is 6.06. The first-order valence-corrected chi connectivity index (χ1v) is 13.5. The summed E-state index contributed by atoms with van der Waals surface area (Å²) in [6.07, 6.45) is 2.33. The molecule has 1 aliphatic heterocycles. The second kappa shape index (κ2) is 8.55. The van der Waals surface area contributed by atoms with Gasteiger partial charge in [-0.2, -0.15) is 9.57 Å². The van der Waals surface area contributed by atoms with Crippen molar-refractivity contribution in [2.75, 3.05) is 19.6 Å². The van der Waals surface area contributed by atoms with Crippen molar-refractivity contribution < 1.29 is 16.8 Å². The minimum Gasteiger partial charge on any atom is -0.359 e. The van der Waals surface area contributed by atoms with E-state index >= 15 is 0 Å². The van der Waals surface area contributed by atoms with Crippen LogP contribution in [-0.4, -0.2) is 51.8 Å². The molecule has 0 bridgehead atoms. The molecule has 2 aromatic carbocycles. The first-order chi connectivity index (χ1) is 15.6. The summed E-state index contributed by atoms with van der Waals surface area (Å²) in [4.78, 5) is 2.83. The zero-order valence-corrected chi connectivity index (χ0v) is 19.9. The summed E-state index contributed by atoms with van der Waals surface area (Å²) in [6, 6.07) is 9.51. The molecular formula is C22H25N5O4S2. The molecule has 0 aliphatic carbocycles. The molecule has 1 aliphatic rings. The largest absolute Gasteiger partial charge is 0.359 e. The number of aromatic amines is 1. The number of fused-ring (bicyclic) bond motifs is 1. The number of hydrogen-bond acceptors (Lipinski definition) is 6. The second-order valence-electron chi connectivity index (χ2n) is 8.12. The van der Waals surface area contributed by atoms with Gasteiger partial charge in [0.15, 0.2) is 0 Å². The van der Waals surface area contributed by atoms with Crippen LogP contribution in [0.3, 0.4) is 0 Å². The monoisotopic (exact) mass is 487 g/mol.